The maximum Gasteiger partial charge on any atom is 0.257 e. The second-order valence-electron chi connectivity index (χ2n) is 6.87. The summed E-state index contributed by atoms with van der Waals surface area (Å²) in [5.41, 5.74) is 0.958. The minimum atomic E-state index is 0.109. The van der Waals surface area contributed by atoms with Crippen LogP contribution in [-0.2, 0) is 4.74 Å². The Morgan fingerprint density at radius 1 is 1.39 bits per heavy atom. The molecule has 23 heavy (non-hydrogen) atoms. The number of piperidine rings is 1. The average Bonchev–Trinajstić information content (AvgIpc) is 3.11. The SMILES string of the molecule is CCOC[C@H]1CCC2(CCN(C(=O)c3ccoc3C)CC2)N1C. The van der Waals surface area contributed by atoms with E-state index in [1.54, 1.807) is 12.3 Å². The summed E-state index contributed by atoms with van der Waals surface area (Å²) in [6.07, 6.45) is 6.11. The number of nitrogens with zero attached hydrogens (tertiary/aromatic N) is 2. The Balaban J connectivity index is 1.60. The van der Waals surface area contributed by atoms with Gasteiger partial charge >= 0.3 is 0 Å². The Morgan fingerprint density at radius 2 is 2.13 bits per heavy atom. The van der Waals surface area contributed by atoms with E-state index in [2.05, 4.69) is 11.9 Å². The normalized spacial score (nSPS) is 24.5. The van der Waals surface area contributed by atoms with E-state index >= 15 is 0 Å². The van der Waals surface area contributed by atoms with Crippen molar-refractivity contribution < 1.29 is 13.9 Å². The second kappa shape index (κ2) is 6.65. The summed E-state index contributed by atoms with van der Waals surface area (Å²) < 4.78 is 10.9. The Labute approximate surface area is 138 Å². The average molecular weight is 320 g/mol. The topological polar surface area (TPSA) is 45.9 Å². The van der Waals surface area contributed by atoms with Crippen LogP contribution in [0.15, 0.2) is 16.7 Å². The van der Waals surface area contributed by atoms with Crippen LogP contribution >= 0.6 is 0 Å². The molecule has 0 aliphatic carbocycles. The molecule has 0 saturated carbocycles. The molecule has 1 aromatic rings. The van der Waals surface area contributed by atoms with Gasteiger partial charge in [0.05, 0.1) is 18.4 Å². The van der Waals surface area contributed by atoms with Crippen molar-refractivity contribution in [2.24, 2.45) is 0 Å². The van der Waals surface area contributed by atoms with Crippen LogP contribution in [0.3, 0.4) is 0 Å². The van der Waals surface area contributed by atoms with Crippen molar-refractivity contribution in [2.75, 3.05) is 33.4 Å². The van der Waals surface area contributed by atoms with Gasteiger partial charge in [0, 0.05) is 31.3 Å². The van der Waals surface area contributed by atoms with Gasteiger partial charge in [0.15, 0.2) is 0 Å². The van der Waals surface area contributed by atoms with Gasteiger partial charge in [-0.25, -0.2) is 0 Å². The molecular formula is C18H28N2O3. The van der Waals surface area contributed by atoms with Crippen molar-refractivity contribution in [2.45, 2.75) is 51.1 Å². The van der Waals surface area contributed by atoms with Gasteiger partial charge in [-0.1, -0.05) is 0 Å². The van der Waals surface area contributed by atoms with Crippen molar-refractivity contribution in [1.29, 1.82) is 0 Å². The number of hydrogen-bond donors (Lipinski definition) is 0. The second-order valence-corrected chi connectivity index (χ2v) is 6.87. The van der Waals surface area contributed by atoms with Gasteiger partial charge in [-0.3, -0.25) is 9.69 Å². The van der Waals surface area contributed by atoms with Gasteiger partial charge in [-0.05, 0) is 52.6 Å². The third-order valence-electron chi connectivity index (χ3n) is 5.82. The van der Waals surface area contributed by atoms with Gasteiger partial charge in [0.2, 0.25) is 0 Å². The highest BCUT2D eigenvalue weighted by Gasteiger charge is 2.46. The highest BCUT2D eigenvalue weighted by Crippen LogP contribution is 2.40. The molecule has 1 amide bonds. The molecule has 3 rings (SSSR count). The minimum absolute atomic E-state index is 0.109. The van der Waals surface area contributed by atoms with Crippen LogP contribution in [0.2, 0.25) is 0 Å². The van der Waals surface area contributed by atoms with Crippen LogP contribution in [0.25, 0.3) is 0 Å². The van der Waals surface area contributed by atoms with Crippen LogP contribution in [0.4, 0.5) is 0 Å². The number of likely N-dealkylation sites (N-methyl/N-ethyl adjacent to an activating group) is 1. The van der Waals surface area contributed by atoms with Crippen molar-refractivity contribution in [3.8, 4) is 0 Å². The quantitative estimate of drug-likeness (QED) is 0.856. The van der Waals surface area contributed by atoms with Gasteiger partial charge in [-0.15, -0.1) is 0 Å². The Morgan fingerprint density at radius 3 is 2.74 bits per heavy atom. The zero-order chi connectivity index (χ0) is 16.4. The molecule has 0 radical (unpaired) electrons. The summed E-state index contributed by atoms with van der Waals surface area (Å²) in [5.74, 6) is 0.822. The Kier molecular flexibility index (Phi) is 4.78. The number of likely N-dealkylation sites (tertiary alicyclic amines) is 2. The molecular weight excluding hydrogens is 292 g/mol. The minimum Gasteiger partial charge on any atom is -0.469 e. The molecule has 0 N–H and O–H groups in total. The first-order valence-corrected chi connectivity index (χ1v) is 8.71. The largest absolute Gasteiger partial charge is 0.469 e. The highest BCUT2D eigenvalue weighted by atomic mass is 16.5. The number of carbonyl (C=O) groups is 1. The van der Waals surface area contributed by atoms with Crippen LogP contribution in [0.1, 0.15) is 48.7 Å². The third-order valence-corrected chi connectivity index (χ3v) is 5.82. The molecule has 1 aromatic heterocycles. The van der Waals surface area contributed by atoms with Crippen LogP contribution in [0, 0.1) is 6.92 Å². The third kappa shape index (κ3) is 3.04. The highest BCUT2D eigenvalue weighted by molar-refractivity contribution is 5.95. The molecule has 2 aliphatic heterocycles. The fourth-order valence-electron chi connectivity index (χ4n) is 4.15. The summed E-state index contributed by atoms with van der Waals surface area (Å²) in [6, 6.07) is 2.30. The maximum absolute atomic E-state index is 12.6. The van der Waals surface area contributed by atoms with Crippen LogP contribution < -0.4 is 0 Å². The maximum atomic E-state index is 12.6. The summed E-state index contributed by atoms with van der Waals surface area (Å²) in [7, 11) is 2.23. The smallest absolute Gasteiger partial charge is 0.257 e. The van der Waals surface area contributed by atoms with Crippen LogP contribution in [-0.4, -0.2) is 60.6 Å². The van der Waals surface area contributed by atoms with Crippen molar-refractivity contribution in [1.82, 2.24) is 9.80 Å². The van der Waals surface area contributed by atoms with Crippen molar-refractivity contribution in [3.63, 3.8) is 0 Å². The van der Waals surface area contributed by atoms with Gasteiger partial charge in [-0.2, -0.15) is 0 Å². The molecule has 3 heterocycles. The molecule has 2 fully saturated rings. The van der Waals surface area contributed by atoms with Crippen molar-refractivity contribution >= 4 is 5.91 Å². The first-order chi connectivity index (χ1) is 11.1. The number of amides is 1. The monoisotopic (exact) mass is 320 g/mol. The van der Waals surface area contributed by atoms with Crippen LogP contribution in [0.5, 0.6) is 0 Å². The van der Waals surface area contributed by atoms with Gasteiger partial charge < -0.3 is 14.1 Å². The van der Waals surface area contributed by atoms with E-state index < -0.39 is 0 Å². The number of carbonyl (C=O) groups excluding carboxylic acids is 1. The molecule has 1 atom stereocenters. The number of aryl methyl sites for hydroxylation is 1. The molecule has 0 aromatic carbocycles. The van der Waals surface area contributed by atoms with E-state index in [0.717, 1.165) is 39.1 Å². The van der Waals surface area contributed by atoms with Gasteiger partial charge in [0.1, 0.15) is 5.76 Å². The van der Waals surface area contributed by atoms with E-state index in [0.29, 0.717) is 17.4 Å². The summed E-state index contributed by atoms with van der Waals surface area (Å²) >= 11 is 0. The molecule has 2 saturated heterocycles. The lowest BCUT2D eigenvalue weighted by molar-refractivity contribution is 0.0210. The predicted octanol–water partition coefficient (Wildman–Crippen LogP) is 2.69. The molecule has 5 heteroatoms. The number of furan rings is 1. The summed E-state index contributed by atoms with van der Waals surface area (Å²) in [6.45, 7) is 7.16. The molecule has 0 unspecified atom stereocenters. The number of rotatable bonds is 4. The summed E-state index contributed by atoms with van der Waals surface area (Å²) in [4.78, 5) is 17.1. The Bertz CT molecular complexity index is 546. The fraction of sp³-hybridized carbons (Fsp3) is 0.722. The number of hydrogen-bond acceptors (Lipinski definition) is 4. The van der Waals surface area contributed by atoms with E-state index in [4.69, 9.17) is 9.15 Å². The Hall–Kier alpha value is -1.33. The lowest BCUT2D eigenvalue weighted by Crippen LogP contribution is -2.54. The first kappa shape index (κ1) is 16.5. The standard InChI is InChI=1S/C18H28N2O3/c1-4-22-13-15-5-7-18(19(15)3)8-10-20(11-9-18)17(21)16-6-12-23-14(16)2/h6,12,15H,4-5,7-11,13H2,1-3H3/t15-/m1/s1. The fourth-order valence-corrected chi connectivity index (χ4v) is 4.15. The molecule has 128 valence electrons. The van der Waals surface area contributed by atoms with E-state index in [9.17, 15) is 4.79 Å². The molecule has 1 spiro atoms. The molecule has 2 aliphatic rings. The van der Waals surface area contributed by atoms with E-state index in [1.165, 1.54) is 12.8 Å². The first-order valence-electron chi connectivity index (χ1n) is 8.71. The zero-order valence-corrected chi connectivity index (χ0v) is 14.5. The number of ether oxygens (including phenoxy) is 1. The van der Waals surface area contributed by atoms with Crippen molar-refractivity contribution in [3.05, 3.63) is 23.7 Å². The van der Waals surface area contributed by atoms with E-state index in [1.807, 2.05) is 18.7 Å². The van der Waals surface area contributed by atoms with Gasteiger partial charge in [0.25, 0.3) is 5.91 Å². The zero-order valence-electron chi connectivity index (χ0n) is 14.5. The summed E-state index contributed by atoms with van der Waals surface area (Å²) in [5, 5.41) is 0. The lowest BCUT2D eigenvalue weighted by atomic mass is 9.85. The molecule has 5 nitrogen and oxygen atoms in total. The lowest BCUT2D eigenvalue weighted by Gasteiger charge is -2.45. The molecule has 0 bridgehead atoms. The predicted molar refractivity (Wildman–Crippen MR) is 88.6 cm³/mol. The van der Waals surface area contributed by atoms with E-state index in [-0.39, 0.29) is 11.4 Å².